The number of carboxylic acids is 2. The van der Waals surface area contributed by atoms with E-state index in [0.717, 1.165) is 26.2 Å². The molecule has 2 saturated heterocycles. The molecular formula is C44H54Cl2F4N2O7. The topological polar surface area (TPSA) is 153 Å². The van der Waals surface area contributed by atoms with Gasteiger partial charge >= 0.3 is 11.9 Å². The second-order valence-corrected chi connectivity index (χ2v) is 14.8. The van der Waals surface area contributed by atoms with Crippen LogP contribution in [0.5, 0.6) is 0 Å². The summed E-state index contributed by atoms with van der Waals surface area (Å²) in [4.78, 5) is 25.8. The van der Waals surface area contributed by atoms with Gasteiger partial charge in [0.25, 0.3) is 0 Å². The van der Waals surface area contributed by atoms with Gasteiger partial charge in [-0.05, 0) is 160 Å². The van der Waals surface area contributed by atoms with Crippen LogP contribution in [0.1, 0.15) is 73.6 Å². The zero-order valence-corrected chi connectivity index (χ0v) is 34.3. The summed E-state index contributed by atoms with van der Waals surface area (Å²) >= 11 is 0. The normalized spacial score (nSPS) is 15.4. The Labute approximate surface area is 354 Å². The van der Waals surface area contributed by atoms with Crippen LogP contribution in [0, 0.1) is 35.1 Å². The van der Waals surface area contributed by atoms with E-state index in [2.05, 4.69) is 9.80 Å². The summed E-state index contributed by atoms with van der Waals surface area (Å²) in [5.41, 5.74) is -0.326. The third-order valence-corrected chi connectivity index (χ3v) is 11.2. The molecule has 2 aliphatic rings. The molecule has 2 aliphatic heterocycles. The fourth-order valence-corrected chi connectivity index (χ4v) is 8.15. The maximum atomic E-state index is 13.4. The highest BCUT2D eigenvalue weighted by molar-refractivity contribution is 5.85. The van der Waals surface area contributed by atoms with Crippen molar-refractivity contribution in [2.75, 3.05) is 39.3 Å². The van der Waals surface area contributed by atoms with Gasteiger partial charge in [-0.15, -0.1) is 24.8 Å². The lowest BCUT2D eigenvalue weighted by atomic mass is 9.72. The van der Waals surface area contributed by atoms with E-state index in [1.54, 1.807) is 48.5 Å². The van der Waals surface area contributed by atoms with Crippen LogP contribution in [0.15, 0.2) is 97.1 Å². The van der Waals surface area contributed by atoms with Crippen LogP contribution in [0.4, 0.5) is 17.6 Å². The summed E-state index contributed by atoms with van der Waals surface area (Å²) in [5, 5.41) is 41.1. The van der Waals surface area contributed by atoms with Crippen molar-refractivity contribution in [2.24, 2.45) is 11.8 Å². The van der Waals surface area contributed by atoms with E-state index in [-0.39, 0.29) is 78.2 Å². The number of halogens is 6. The first kappa shape index (κ1) is 51.1. The molecule has 2 heterocycles. The highest BCUT2D eigenvalue weighted by Gasteiger charge is 2.43. The van der Waals surface area contributed by atoms with Crippen molar-refractivity contribution >= 4 is 36.8 Å². The Bertz CT molecular complexity index is 1630. The number of hydrogen-bond acceptors (Lipinski definition) is 6. The highest BCUT2D eigenvalue weighted by atomic mass is 35.5. The monoisotopic (exact) mass is 868 g/mol. The highest BCUT2D eigenvalue weighted by Crippen LogP contribution is 2.43. The van der Waals surface area contributed by atoms with E-state index in [4.69, 9.17) is 10.2 Å². The van der Waals surface area contributed by atoms with E-state index in [9.17, 15) is 37.4 Å². The molecule has 0 saturated carbocycles. The van der Waals surface area contributed by atoms with Gasteiger partial charge in [-0.2, -0.15) is 0 Å². The molecule has 6 N–H and O–H groups in total. The van der Waals surface area contributed by atoms with Crippen molar-refractivity contribution in [3.63, 3.8) is 0 Å². The number of nitrogens with zero attached hydrogens (tertiary/aromatic N) is 2. The minimum atomic E-state index is -1.34. The summed E-state index contributed by atoms with van der Waals surface area (Å²) in [7, 11) is 0. The third-order valence-electron chi connectivity index (χ3n) is 11.2. The number of aliphatic hydroxyl groups is 2. The first-order valence-electron chi connectivity index (χ1n) is 19.2. The molecule has 0 bridgehead atoms. The molecule has 6 rings (SSSR count). The number of hydrogen-bond donors (Lipinski definition) is 4. The van der Waals surface area contributed by atoms with Crippen molar-refractivity contribution in [3.8, 4) is 0 Å². The summed E-state index contributed by atoms with van der Waals surface area (Å²) in [5.74, 6) is -3.32. The smallest absolute Gasteiger partial charge is 0.303 e. The molecule has 0 spiro atoms. The van der Waals surface area contributed by atoms with Gasteiger partial charge in [0.1, 0.15) is 34.5 Å². The molecule has 324 valence electrons. The van der Waals surface area contributed by atoms with Gasteiger partial charge in [0, 0.05) is 12.8 Å². The molecule has 0 radical (unpaired) electrons. The molecule has 0 aromatic heterocycles. The number of aliphatic carboxylic acids is 2. The second kappa shape index (κ2) is 23.6. The van der Waals surface area contributed by atoms with Crippen LogP contribution in [-0.2, 0) is 20.8 Å². The van der Waals surface area contributed by atoms with E-state index in [1.807, 2.05) is 0 Å². The van der Waals surface area contributed by atoms with Crippen molar-refractivity contribution < 1.29 is 53.1 Å². The largest absolute Gasteiger partial charge is 0.481 e. The first-order chi connectivity index (χ1) is 26.8. The number of likely N-dealkylation sites (tertiary alicyclic amines) is 2. The maximum absolute atomic E-state index is 13.4. The van der Waals surface area contributed by atoms with Gasteiger partial charge in [-0.1, -0.05) is 48.5 Å². The number of carboxylic acid groups (broad SMARTS) is 2. The van der Waals surface area contributed by atoms with E-state index >= 15 is 0 Å². The number of piperidine rings is 2. The predicted octanol–water partition coefficient (Wildman–Crippen LogP) is 7.57. The molecule has 9 nitrogen and oxygen atoms in total. The Hall–Kier alpha value is -4.08. The van der Waals surface area contributed by atoms with E-state index in [1.165, 1.54) is 48.5 Å². The van der Waals surface area contributed by atoms with Crippen molar-refractivity contribution in [1.82, 2.24) is 9.80 Å². The van der Waals surface area contributed by atoms with Crippen molar-refractivity contribution in [1.29, 1.82) is 0 Å². The lowest BCUT2D eigenvalue weighted by Gasteiger charge is -2.42. The molecule has 0 amide bonds. The standard InChI is InChI=1S/2C22H25F2NO3.2ClH.H2O/c2*23-19-7-3-16(4-8-19)22(28,17-5-9-20(24)10-6-17)18-11-14-25(15-12-18)13-1-2-21(26)27;;;/h2*3-10,18,28H,1-2,11-15H2,(H,26,27);2*1H;1H2. The summed E-state index contributed by atoms with van der Waals surface area (Å²) in [6, 6.07) is 23.2. The third kappa shape index (κ3) is 13.5. The lowest BCUT2D eigenvalue weighted by molar-refractivity contribution is -0.138. The Balaban J connectivity index is 0.000000387. The molecule has 0 unspecified atom stereocenters. The van der Waals surface area contributed by atoms with E-state index < -0.39 is 23.1 Å². The number of carbonyl (C=O) groups is 2. The van der Waals surface area contributed by atoms with Gasteiger partial charge in [0.15, 0.2) is 0 Å². The number of benzene rings is 4. The Morgan fingerprint density at radius 3 is 0.915 bits per heavy atom. The zero-order valence-electron chi connectivity index (χ0n) is 32.6. The maximum Gasteiger partial charge on any atom is 0.303 e. The fraction of sp³-hybridized carbons (Fsp3) is 0.409. The summed E-state index contributed by atoms with van der Waals surface area (Å²) < 4.78 is 53.7. The predicted molar refractivity (Wildman–Crippen MR) is 222 cm³/mol. The first-order valence-corrected chi connectivity index (χ1v) is 19.2. The summed E-state index contributed by atoms with van der Waals surface area (Å²) in [6.45, 7) is 4.41. The fourth-order valence-electron chi connectivity index (χ4n) is 8.15. The molecule has 15 heteroatoms. The Kier molecular flexibility index (Phi) is 20.5. The Morgan fingerprint density at radius 2 is 0.712 bits per heavy atom. The van der Waals surface area contributed by atoms with Crippen molar-refractivity contribution in [2.45, 2.75) is 62.6 Å². The van der Waals surface area contributed by atoms with E-state index in [0.29, 0.717) is 73.9 Å². The SMILES string of the molecule is Cl.Cl.O.O=C(O)CCCN1CCC(C(O)(c2ccc(F)cc2)c2ccc(F)cc2)CC1.O=C(O)CCCN1CCC(C(O)(c2ccc(F)cc2)c2ccc(F)cc2)CC1. The van der Waals surface area contributed by atoms with Crippen LogP contribution in [0.25, 0.3) is 0 Å². The molecular weight excluding hydrogens is 815 g/mol. The Morgan fingerprint density at radius 1 is 0.492 bits per heavy atom. The minimum absolute atomic E-state index is 0. The zero-order chi connectivity index (χ0) is 40.3. The lowest BCUT2D eigenvalue weighted by Crippen LogP contribution is -2.44. The average Bonchev–Trinajstić information content (AvgIpc) is 3.19. The molecule has 59 heavy (non-hydrogen) atoms. The van der Waals surface area contributed by atoms with Crippen LogP contribution in [-0.4, -0.2) is 86.9 Å². The second-order valence-electron chi connectivity index (χ2n) is 14.8. The van der Waals surface area contributed by atoms with Crippen LogP contribution in [0.2, 0.25) is 0 Å². The molecule has 0 atom stereocenters. The molecule has 4 aromatic carbocycles. The van der Waals surface area contributed by atoms with Crippen LogP contribution >= 0.6 is 24.8 Å². The van der Waals surface area contributed by atoms with Gasteiger partial charge in [0.05, 0.1) is 0 Å². The summed E-state index contributed by atoms with van der Waals surface area (Å²) in [6.07, 6.45) is 4.32. The van der Waals surface area contributed by atoms with Gasteiger partial charge < -0.3 is 35.7 Å². The van der Waals surface area contributed by atoms with Gasteiger partial charge in [0.2, 0.25) is 0 Å². The molecule has 0 aliphatic carbocycles. The minimum Gasteiger partial charge on any atom is -0.481 e. The number of rotatable bonds is 14. The van der Waals surface area contributed by atoms with Crippen molar-refractivity contribution in [3.05, 3.63) is 143 Å². The molecule has 2 fully saturated rings. The quantitative estimate of drug-likeness (QED) is 0.0948. The average molecular weight is 870 g/mol. The van der Waals surface area contributed by atoms with Crippen LogP contribution in [0.3, 0.4) is 0 Å². The van der Waals surface area contributed by atoms with Crippen LogP contribution < -0.4 is 0 Å². The van der Waals surface area contributed by atoms with Gasteiger partial charge in [-0.3, -0.25) is 9.59 Å². The van der Waals surface area contributed by atoms with Gasteiger partial charge in [-0.25, -0.2) is 17.6 Å². The molecule has 4 aromatic rings.